The summed E-state index contributed by atoms with van der Waals surface area (Å²) in [5, 5.41) is 9.90. The molecule has 24 heavy (non-hydrogen) atoms. The molecule has 0 aromatic heterocycles. The molecule has 0 bridgehead atoms. The molecule has 1 fully saturated rings. The normalized spacial score (nSPS) is 17.9. The van der Waals surface area contributed by atoms with Crippen LogP contribution in [0.15, 0.2) is 58.4 Å². The number of hydrogen-bond donors (Lipinski definition) is 1. The van der Waals surface area contributed by atoms with E-state index >= 15 is 0 Å². The second kappa shape index (κ2) is 6.88. The molecular weight excluding hydrogens is 327 g/mol. The SMILES string of the molecule is CCN1C(=O)/C(=C/c2ccc(O)cc2)S/C1=N\c1ccc(F)cc1. The monoisotopic (exact) mass is 342 g/mol. The molecule has 1 saturated heterocycles. The number of phenols is 1. The number of aliphatic imine (C=N–C) groups is 1. The van der Waals surface area contributed by atoms with E-state index in [-0.39, 0.29) is 17.5 Å². The number of nitrogens with zero attached hydrogens (tertiary/aromatic N) is 2. The third kappa shape index (κ3) is 3.49. The van der Waals surface area contributed by atoms with E-state index in [1.807, 2.05) is 6.92 Å². The van der Waals surface area contributed by atoms with Gasteiger partial charge in [0.15, 0.2) is 5.17 Å². The van der Waals surface area contributed by atoms with Crippen LogP contribution in [-0.4, -0.2) is 27.6 Å². The van der Waals surface area contributed by atoms with E-state index in [1.54, 1.807) is 47.4 Å². The fourth-order valence-corrected chi connectivity index (χ4v) is 3.28. The number of halogens is 1. The maximum Gasteiger partial charge on any atom is 0.266 e. The molecule has 6 heteroatoms. The lowest BCUT2D eigenvalue weighted by atomic mass is 10.2. The number of amides is 1. The van der Waals surface area contributed by atoms with Crippen LogP contribution in [0.2, 0.25) is 0 Å². The first-order valence-corrected chi connectivity index (χ1v) is 8.23. The summed E-state index contributed by atoms with van der Waals surface area (Å²) in [5.41, 5.74) is 1.42. The quantitative estimate of drug-likeness (QED) is 0.853. The number of phenolic OH excluding ortho intramolecular Hbond substituents is 1. The van der Waals surface area contributed by atoms with Gasteiger partial charge in [-0.15, -0.1) is 0 Å². The number of benzene rings is 2. The third-order valence-corrected chi connectivity index (χ3v) is 4.45. The highest BCUT2D eigenvalue weighted by molar-refractivity contribution is 8.18. The van der Waals surface area contributed by atoms with Crippen molar-refractivity contribution in [2.45, 2.75) is 6.92 Å². The lowest BCUT2D eigenvalue weighted by Gasteiger charge is -2.11. The number of rotatable bonds is 3. The van der Waals surface area contributed by atoms with Crippen LogP contribution >= 0.6 is 11.8 Å². The van der Waals surface area contributed by atoms with Crippen molar-refractivity contribution in [2.75, 3.05) is 6.54 Å². The van der Waals surface area contributed by atoms with Gasteiger partial charge in [0.05, 0.1) is 10.6 Å². The zero-order chi connectivity index (χ0) is 17.1. The molecule has 0 radical (unpaired) electrons. The van der Waals surface area contributed by atoms with E-state index in [1.165, 1.54) is 23.9 Å². The number of hydrogen-bond acceptors (Lipinski definition) is 4. The van der Waals surface area contributed by atoms with Gasteiger partial charge in [-0.25, -0.2) is 9.38 Å². The Balaban J connectivity index is 1.91. The number of thioether (sulfide) groups is 1. The summed E-state index contributed by atoms with van der Waals surface area (Å²) in [6.45, 7) is 2.38. The number of carbonyl (C=O) groups excluding carboxylic acids is 1. The molecule has 1 aliphatic heterocycles. The van der Waals surface area contributed by atoms with Crippen molar-refractivity contribution in [3.8, 4) is 5.75 Å². The minimum absolute atomic E-state index is 0.114. The maximum atomic E-state index is 13.0. The fraction of sp³-hybridized carbons (Fsp3) is 0.111. The van der Waals surface area contributed by atoms with Gasteiger partial charge in [0.25, 0.3) is 5.91 Å². The standard InChI is InChI=1S/C18H15FN2O2S/c1-2-21-17(23)16(11-12-3-9-15(22)10-4-12)24-18(21)20-14-7-5-13(19)6-8-14/h3-11,22H,2H2,1H3/b16-11-,20-18-. The van der Waals surface area contributed by atoms with Gasteiger partial charge in [0.2, 0.25) is 0 Å². The van der Waals surface area contributed by atoms with Crippen LogP contribution in [0, 0.1) is 5.82 Å². The molecule has 0 saturated carbocycles. The zero-order valence-electron chi connectivity index (χ0n) is 12.9. The minimum atomic E-state index is -0.325. The summed E-state index contributed by atoms with van der Waals surface area (Å²) < 4.78 is 13.0. The molecule has 0 spiro atoms. The summed E-state index contributed by atoms with van der Waals surface area (Å²) in [5.74, 6) is -0.262. The lowest BCUT2D eigenvalue weighted by Crippen LogP contribution is -2.28. The molecule has 0 atom stereocenters. The highest BCUT2D eigenvalue weighted by atomic mass is 32.2. The molecule has 1 amide bonds. The van der Waals surface area contributed by atoms with E-state index in [4.69, 9.17) is 0 Å². The molecule has 1 N–H and O–H groups in total. The average Bonchev–Trinajstić information content (AvgIpc) is 2.86. The number of amidine groups is 1. The molecule has 2 aromatic rings. The van der Waals surface area contributed by atoms with Crippen molar-refractivity contribution in [3.63, 3.8) is 0 Å². The van der Waals surface area contributed by atoms with Crippen molar-refractivity contribution in [3.05, 3.63) is 64.8 Å². The Morgan fingerprint density at radius 1 is 1.17 bits per heavy atom. The first-order valence-electron chi connectivity index (χ1n) is 7.41. The van der Waals surface area contributed by atoms with E-state index < -0.39 is 0 Å². The van der Waals surface area contributed by atoms with Crippen LogP contribution in [0.5, 0.6) is 5.75 Å². The van der Waals surface area contributed by atoms with Crippen LogP contribution < -0.4 is 0 Å². The van der Waals surface area contributed by atoms with E-state index in [0.717, 1.165) is 5.56 Å². The Kier molecular flexibility index (Phi) is 4.66. The molecule has 3 rings (SSSR count). The molecular formula is C18H15FN2O2S. The van der Waals surface area contributed by atoms with Crippen molar-refractivity contribution in [2.24, 2.45) is 4.99 Å². The Morgan fingerprint density at radius 3 is 2.46 bits per heavy atom. The molecule has 122 valence electrons. The Bertz CT molecular complexity index is 814. The summed E-state index contributed by atoms with van der Waals surface area (Å²) in [4.78, 5) is 19.1. The molecule has 1 heterocycles. The highest BCUT2D eigenvalue weighted by Crippen LogP contribution is 2.34. The van der Waals surface area contributed by atoms with Crippen molar-refractivity contribution < 1.29 is 14.3 Å². The highest BCUT2D eigenvalue weighted by Gasteiger charge is 2.32. The van der Waals surface area contributed by atoms with Crippen LogP contribution in [0.3, 0.4) is 0 Å². The average molecular weight is 342 g/mol. The topological polar surface area (TPSA) is 52.9 Å². The summed E-state index contributed by atoms with van der Waals surface area (Å²) in [6, 6.07) is 12.4. The maximum absolute atomic E-state index is 13.0. The van der Waals surface area contributed by atoms with Crippen LogP contribution in [0.25, 0.3) is 6.08 Å². The van der Waals surface area contributed by atoms with Crippen LogP contribution in [0.4, 0.5) is 10.1 Å². The van der Waals surface area contributed by atoms with Crippen molar-refractivity contribution >= 4 is 34.6 Å². The smallest absolute Gasteiger partial charge is 0.266 e. The van der Waals surface area contributed by atoms with Gasteiger partial charge >= 0.3 is 0 Å². The molecule has 1 aliphatic rings. The third-order valence-electron chi connectivity index (χ3n) is 3.45. The minimum Gasteiger partial charge on any atom is -0.508 e. The number of aromatic hydroxyl groups is 1. The van der Waals surface area contributed by atoms with Gasteiger partial charge in [-0.1, -0.05) is 12.1 Å². The van der Waals surface area contributed by atoms with Gasteiger partial charge in [0, 0.05) is 6.54 Å². The summed E-state index contributed by atoms with van der Waals surface area (Å²) in [6.07, 6.45) is 1.77. The van der Waals surface area contributed by atoms with E-state index in [2.05, 4.69) is 4.99 Å². The van der Waals surface area contributed by atoms with Gasteiger partial charge in [-0.05, 0) is 66.7 Å². The van der Waals surface area contributed by atoms with Gasteiger partial charge < -0.3 is 5.11 Å². The fourth-order valence-electron chi connectivity index (χ4n) is 2.22. The van der Waals surface area contributed by atoms with Gasteiger partial charge in [-0.3, -0.25) is 9.69 Å². The van der Waals surface area contributed by atoms with E-state index in [9.17, 15) is 14.3 Å². The molecule has 0 unspecified atom stereocenters. The Hall–Kier alpha value is -2.60. The number of carbonyl (C=O) groups is 1. The predicted molar refractivity (Wildman–Crippen MR) is 94.6 cm³/mol. The van der Waals surface area contributed by atoms with E-state index in [0.29, 0.717) is 22.3 Å². The largest absolute Gasteiger partial charge is 0.508 e. The summed E-state index contributed by atoms with van der Waals surface area (Å²) >= 11 is 1.28. The summed E-state index contributed by atoms with van der Waals surface area (Å²) in [7, 11) is 0. The first-order chi connectivity index (χ1) is 11.6. The van der Waals surface area contributed by atoms with Crippen molar-refractivity contribution in [1.82, 2.24) is 4.90 Å². The second-order valence-corrected chi connectivity index (χ2v) is 6.13. The Labute approximate surface area is 143 Å². The zero-order valence-corrected chi connectivity index (χ0v) is 13.8. The second-order valence-electron chi connectivity index (χ2n) is 5.12. The molecule has 2 aromatic carbocycles. The van der Waals surface area contributed by atoms with Crippen LogP contribution in [0.1, 0.15) is 12.5 Å². The Morgan fingerprint density at radius 2 is 1.83 bits per heavy atom. The van der Waals surface area contributed by atoms with Crippen molar-refractivity contribution in [1.29, 1.82) is 0 Å². The first kappa shape index (κ1) is 16.3. The number of likely N-dealkylation sites (N-methyl/N-ethyl adjacent to an activating group) is 1. The molecule has 0 aliphatic carbocycles. The van der Waals surface area contributed by atoms with Crippen LogP contribution in [-0.2, 0) is 4.79 Å². The molecule has 4 nitrogen and oxygen atoms in total. The lowest BCUT2D eigenvalue weighted by molar-refractivity contribution is -0.122. The predicted octanol–water partition coefficient (Wildman–Crippen LogP) is 4.16. The van der Waals surface area contributed by atoms with Gasteiger partial charge in [-0.2, -0.15) is 0 Å². The van der Waals surface area contributed by atoms with Gasteiger partial charge in [0.1, 0.15) is 11.6 Å².